The monoisotopic (exact) mass is 255 g/mol. The highest BCUT2D eigenvalue weighted by Gasteiger charge is 2.29. The SMILES string of the molecule is CC.CC1CN(C)CC(C)N1CC1CCNCC1. The van der Waals surface area contributed by atoms with Crippen molar-refractivity contribution in [2.45, 2.75) is 52.6 Å². The molecule has 1 N–H and O–H groups in total. The molecule has 0 aromatic carbocycles. The van der Waals surface area contributed by atoms with Crippen LogP contribution in [0, 0.1) is 5.92 Å². The maximum Gasteiger partial charge on any atom is 0.0198 e. The van der Waals surface area contributed by atoms with Crippen LogP contribution in [0.15, 0.2) is 0 Å². The van der Waals surface area contributed by atoms with E-state index < -0.39 is 0 Å². The minimum atomic E-state index is 0.726. The molecular formula is C15H33N3. The number of hydrogen-bond acceptors (Lipinski definition) is 3. The predicted molar refractivity (Wildman–Crippen MR) is 80.1 cm³/mol. The molecule has 2 aliphatic rings. The Balaban J connectivity index is 0.000000771. The molecule has 0 amide bonds. The maximum absolute atomic E-state index is 3.45. The van der Waals surface area contributed by atoms with Gasteiger partial charge in [-0.3, -0.25) is 4.90 Å². The Labute approximate surface area is 114 Å². The Morgan fingerprint density at radius 2 is 1.50 bits per heavy atom. The Kier molecular flexibility index (Phi) is 7.20. The first-order valence-corrected chi connectivity index (χ1v) is 7.82. The highest BCUT2D eigenvalue weighted by atomic mass is 15.3. The molecule has 2 rings (SSSR count). The Bertz CT molecular complexity index is 202. The Morgan fingerprint density at radius 1 is 1.00 bits per heavy atom. The molecule has 108 valence electrons. The van der Waals surface area contributed by atoms with Crippen molar-refractivity contribution in [3.05, 3.63) is 0 Å². The lowest BCUT2D eigenvalue weighted by Gasteiger charge is -2.45. The highest BCUT2D eigenvalue weighted by molar-refractivity contribution is 4.85. The molecule has 2 unspecified atom stereocenters. The number of likely N-dealkylation sites (N-methyl/N-ethyl adjacent to an activating group) is 1. The summed E-state index contributed by atoms with van der Waals surface area (Å²) in [4.78, 5) is 5.20. The van der Waals surface area contributed by atoms with Crippen molar-refractivity contribution in [2.24, 2.45) is 5.92 Å². The molecule has 2 atom stereocenters. The lowest BCUT2D eigenvalue weighted by molar-refractivity contribution is 0.0353. The van der Waals surface area contributed by atoms with Gasteiger partial charge in [-0.05, 0) is 52.7 Å². The quantitative estimate of drug-likeness (QED) is 0.814. The van der Waals surface area contributed by atoms with Crippen molar-refractivity contribution in [3.8, 4) is 0 Å². The van der Waals surface area contributed by atoms with Gasteiger partial charge in [0.25, 0.3) is 0 Å². The first kappa shape index (κ1) is 15.9. The van der Waals surface area contributed by atoms with Crippen molar-refractivity contribution in [3.63, 3.8) is 0 Å². The molecule has 0 saturated carbocycles. The van der Waals surface area contributed by atoms with Crippen molar-refractivity contribution in [1.29, 1.82) is 0 Å². The summed E-state index contributed by atoms with van der Waals surface area (Å²) in [6.07, 6.45) is 2.73. The normalized spacial score (nSPS) is 31.8. The van der Waals surface area contributed by atoms with Crippen molar-refractivity contribution < 1.29 is 0 Å². The van der Waals surface area contributed by atoms with E-state index >= 15 is 0 Å². The fourth-order valence-corrected chi connectivity index (χ4v) is 3.34. The van der Waals surface area contributed by atoms with Gasteiger partial charge in [0.15, 0.2) is 0 Å². The first-order chi connectivity index (χ1) is 8.66. The van der Waals surface area contributed by atoms with E-state index in [4.69, 9.17) is 0 Å². The van der Waals surface area contributed by atoms with E-state index in [1.807, 2.05) is 13.8 Å². The van der Waals surface area contributed by atoms with Gasteiger partial charge in [0.1, 0.15) is 0 Å². The van der Waals surface area contributed by atoms with Crippen LogP contribution in [-0.4, -0.2) is 61.7 Å². The minimum absolute atomic E-state index is 0.726. The smallest absolute Gasteiger partial charge is 0.0198 e. The summed E-state index contributed by atoms with van der Waals surface area (Å²) in [5.74, 6) is 0.926. The fraction of sp³-hybridized carbons (Fsp3) is 1.00. The number of piperazine rings is 1. The van der Waals surface area contributed by atoms with Gasteiger partial charge in [0.05, 0.1) is 0 Å². The van der Waals surface area contributed by atoms with Gasteiger partial charge in [-0.15, -0.1) is 0 Å². The minimum Gasteiger partial charge on any atom is -0.317 e. The van der Waals surface area contributed by atoms with Crippen molar-refractivity contribution in [2.75, 3.05) is 39.8 Å². The molecule has 0 aromatic rings. The number of nitrogens with one attached hydrogen (secondary N) is 1. The van der Waals surface area contributed by atoms with Gasteiger partial charge in [-0.1, -0.05) is 13.8 Å². The second kappa shape index (κ2) is 8.13. The summed E-state index contributed by atoms with van der Waals surface area (Å²) in [5.41, 5.74) is 0. The van der Waals surface area contributed by atoms with Gasteiger partial charge in [0.2, 0.25) is 0 Å². The maximum atomic E-state index is 3.45. The zero-order chi connectivity index (χ0) is 13.5. The third-order valence-corrected chi connectivity index (χ3v) is 4.21. The number of nitrogens with zero attached hydrogens (tertiary/aromatic N) is 2. The summed E-state index contributed by atoms with van der Waals surface area (Å²) < 4.78 is 0. The molecule has 2 saturated heterocycles. The molecule has 3 nitrogen and oxygen atoms in total. The predicted octanol–water partition coefficient (Wildman–Crippen LogP) is 2.04. The average Bonchev–Trinajstić information content (AvgIpc) is 2.37. The lowest BCUT2D eigenvalue weighted by Crippen LogP contribution is -2.56. The van der Waals surface area contributed by atoms with Crippen LogP contribution < -0.4 is 5.32 Å². The van der Waals surface area contributed by atoms with Gasteiger partial charge < -0.3 is 10.2 Å². The van der Waals surface area contributed by atoms with Crippen LogP contribution in [0.1, 0.15) is 40.5 Å². The third kappa shape index (κ3) is 4.52. The van der Waals surface area contributed by atoms with E-state index in [2.05, 4.69) is 36.0 Å². The summed E-state index contributed by atoms with van der Waals surface area (Å²) in [7, 11) is 2.24. The molecule has 2 aliphatic heterocycles. The van der Waals surface area contributed by atoms with Crippen LogP contribution in [0.2, 0.25) is 0 Å². The third-order valence-electron chi connectivity index (χ3n) is 4.21. The highest BCUT2D eigenvalue weighted by Crippen LogP contribution is 2.20. The molecule has 2 fully saturated rings. The molecule has 0 aliphatic carbocycles. The second-order valence-corrected chi connectivity index (χ2v) is 5.81. The van der Waals surface area contributed by atoms with Gasteiger partial charge in [0, 0.05) is 31.7 Å². The fourth-order valence-electron chi connectivity index (χ4n) is 3.34. The summed E-state index contributed by atoms with van der Waals surface area (Å²) in [6, 6.07) is 1.45. The topological polar surface area (TPSA) is 18.5 Å². The summed E-state index contributed by atoms with van der Waals surface area (Å²) in [5, 5.41) is 3.45. The molecule has 0 bridgehead atoms. The van der Waals surface area contributed by atoms with Crippen LogP contribution >= 0.6 is 0 Å². The molecule has 0 spiro atoms. The molecule has 0 radical (unpaired) electrons. The largest absolute Gasteiger partial charge is 0.317 e. The van der Waals surface area contributed by atoms with Crippen LogP contribution in [0.3, 0.4) is 0 Å². The first-order valence-electron chi connectivity index (χ1n) is 7.82. The zero-order valence-electron chi connectivity index (χ0n) is 13.1. The van der Waals surface area contributed by atoms with Crippen LogP contribution in [0.4, 0.5) is 0 Å². The van der Waals surface area contributed by atoms with Crippen LogP contribution in [-0.2, 0) is 0 Å². The van der Waals surface area contributed by atoms with E-state index in [9.17, 15) is 0 Å². The molecule has 18 heavy (non-hydrogen) atoms. The Hall–Kier alpha value is -0.120. The zero-order valence-corrected chi connectivity index (χ0v) is 13.1. The lowest BCUT2D eigenvalue weighted by atomic mass is 9.95. The van der Waals surface area contributed by atoms with Crippen molar-refractivity contribution in [1.82, 2.24) is 15.1 Å². The summed E-state index contributed by atoms with van der Waals surface area (Å²) >= 11 is 0. The summed E-state index contributed by atoms with van der Waals surface area (Å²) in [6.45, 7) is 15.0. The number of hydrogen-bond donors (Lipinski definition) is 1. The van der Waals surface area contributed by atoms with Gasteiger partial charge in [-0.2, -0.15) is 0 Å². The standard InChI is InChI=1S/C13H27N3.C2H6/c1-11-8-15(3)9-12(2)16(11)10-13-4-6-14-7-5-13;1-2/h11-14H,4-10H2,1-3H3;1-2H3. The van der Waals surface area contributed by atoms with Gasteiger partial charge >= 0.3 is 0 Å². The number of piperidine rings is 1. The molecular weight excluding hydrogens is 222 g/mol. The van der Waals surface area contributed by atoms with E-state index in [1.165, 1.54) is 45.6 Å². The van der Waals surface area contributed by atoms with E-state index in [1.54, 1.807) is 0 Å². The number of rotatable bonds is 2. The Morgan fingerprint density at radius 3 is 2.00 bits per heavy atom. The van der Waals surface area contributed by atoms with Crippen LogP contribution in [0.25, 0.3) is 0 Å². The average molecular weight is 255 g/mol. The second-order valence-electron chi connectivity index (χ2n) is 5.81. The molecule has 3 heteroatoms. The van der Waals surface area contributed by atoms with E-state index in [0.717, 1.165) is 18.0 Å². The van der Waals surface area contributed by atoms with Crippen molar-refractivity contribution >= 4 is 0 Å². The van der Waals surface area contributed by atoms with Crippen LogP contribution in [0.5, 0.6) is 0 Å². The van der Waals surface area contributed by atoms with E-state index in [0.29, 0.717) is 0 Å². The van der Waals surface area contributed by atoms with Gasteiger partial charge in [-0.25, -0.2) is 0 Å². The molecule has 0 aromatic heterocycles. The molecule has 2 heterocycles. The van der Waals surface area contributed by atoms with E-state index in [-0.39, 0.29) is 0 Å².